The van der Waals surface area contributed by atoms with Crippen molar-refractivity contribution >= 4 is 11.9 Å². The van der Waals surface area contributed by atoms with Crippen LogP contribution in [0.15, 0.2) is 24.3 Å². The van der Waals surface area contributed by atoms with Crippen LogP contribution in [-0.2, 0) is 15.8 Å². The predicted molar refractivity (Wildman–Crippen MR) is 81.4 cm³/mol. The van der Waals surface area contributed by atoms with E-state index in [9.17, 15) is 22.8 Å². The van der Waals surface area contributed by atoms with Crippen LogP contribution >= 0.6 is 0 Å². The maximum absolute atomic E-state index is 13.1. The molecule has 0 spiro atoms. The number of carboxylic acid groups (broad SMARTS) is 1. The number of alkyl halides is 3. The molecule has 1 aromatic carbocycles. The summed E-state index contributed by atoms with van der Waals surface area (Å²) in [5.41, 5.74) is -0.702. The number of carbonyl (C=O) groups is 2. The average molecular weight is 343 g/mol. The van der Waals surface area contributed by atoms with E-state index in [0.29, 0.717) is 0 Å². The number of rotatable bonds is 6. The van der Waals surface area contributed by atoms with Crippen molar-refractivity contribution in [2.45, 2.75) is 57.3 Å². The Hall–Kier alpha value is -2.05. The van der Waals surface area contributed by atoms with Gasteiger partial charge in [-0.25, -0.2) is 4.79 Å². The molecule has 1 aliphatic carbocycles. The number of carbonyl (C=O) groups excluding carboxylic acids is 1. The summed E-state index contributed by atoms with van der Waals surface area (Å²) >= 11 is 0. The Morgan fingerprint density at radius 1 is 1.25 bits per heavy atom. The van der Waals surface area contributed by atoms with E-state index >= 15 is 0 Å². The molecule has 1 aromatic rings. The SMILES string of the molecule is CC(CC(=O)N(C1CC1)C(C)C(=O)O)c1ccccc1C(F)(F)F. The summed E-state index contributed by atoms with van der Waals surface area (Å²) in [5, 5.41) is 9.14. The molecular weight excluding hydrogens is 323 g/mol. The van der Waals surface area contributed by atoms with E-state index in [-0.39, 0.29) is 18.0 Å². The van der Waals surface area contributed by atoms with Gasteiger partial charge in [0, 0.05) is 12.5 Å². The number of hydrogen-bond donors (Lipinski definition) is 1. The van der Waals surface area contributed by atoms with Crippen LogP contribution in [0.2, 0.25) is 0 Å². The number of benzene rings is 1. The lowest BCUT2D eigenvalue weighted by Crippen LogP contribution is -2.45. The predicted octanol–water partition coefficient (Wildman–Crippen LogP) is 3.66. The van der Waals surface area contributed by atoms with Crippen molar-refractivity contribution in [2.24, 2.45) is 0 Å². The van der Waals surface area contributed by atoms with E-state index in [1.807, 2.05) is 0 Å². The van der Waals surface area contributed by atoms with Crippen LogP contribution < -0.4 is 0 Å². The van der Waals surface area contributed by atoms with E-state index in [2.05, 4.69) is 0 Å². The van der Waals surface area contributed by atoms with E-state index in [4.69, 9.17) is 5.11 Å². The Bertz CT molecular complexity index is 626. The van der Waals surface area contributed by atoms with E-state index in [1.54, 1.807) is 6.92 Å². The second-order valence-corrected chi connectivity index (χ2v) is 6.24. The van der Waals surface area contributed by atoms with Crippen LogP contribution in [0.1, 0.15) is 50.2 Å². The molecule has 0 radical (unpaired) electrons. The summed E-state index contributed by atoms with van der Waals surface area (Å²) in [4.78, 5) is 25.0. The maximum Gasteiger partial charge on any atom is 0.416 e. The summed E-state index contributed by atoms with van der Waals surface area (Å²) in [6, 6.07) is 4.08. The van der Waals surface area contributed by atoms with Crippen LogP contribution in [0.3, 0.4) is 0 Å². The van der Waals surface area contributed by atoms with Crippen molar-refractivity contribution in [1.82, 2.24) is 4.90 Å². The molecule has 4 nitrogen and oxygen atoms in total. The molecule has 2 atom stereocenters. The highest BCUT2D eigenvalue weighted by Gasteiger charge is 2.39. The maximum atomic E-state index is 13.1. The molecule has 2 unspecified atom stereocenters. The summed E-state index contributed by atoms with van der Waals surface area (Å²) in [6.07, 6.45) is -3.17. The van der Waals surface area contributed by atoms with Gasteiger partial charge in [-0.3, -0.25) is 4.79 Å². The average Bonchev–Trinajstić information content (AvgIpc) is 3.31. The Morgan fingerprint density at radius 3 is 2.33 bits per heavy atom. The van der Waals surface area contributed by atoms with Gasteiger partial charge in [0.05, 0.1) is 5.56 Å². The lowest BCUT2D eigenvalue weighted by molar-refractivity contribution is -0.150. The van der Waals surface area contributed by atoms with Gasteiger partial charge in [-0.1, -0.05) is 25.1 Å². The highest BCUT2D eigenvalue weighted by atomic mass is 19.4. The molecule has 1 N–H and O–H groups in total. The number of halogens is 3. The molecular formula is C17H20F3NO3. The zero-order valence-electron chi connectivity index (χ0n) is 13.5. The lowest BCUT2D eigenvalue weighted by Gasteiger charge is -2.28. The van der Waals surface area contributed by atoms with E-state index < -0.39 is 35.6 Å². The zero-order chi connectivity index (χ0) is 18.1. The van der Waals surface area contributed by atoms with Crippen molar-refractivity contribution in [3.63, 3.8) is 0 Å². The van der Waals surface area contributed by atoms with Crippen molar-refractivity contribution in [3.8, 4) is 0 Å². The molecule has 1 saturated carbocycles. The smallest absolute Gasteiger partial charge is 0.416 e. The molecule has 0 saturated heterocycles. The molecule has 1 aliphatic rings. The fourth-order valence-electron chi connectivity index (χ4n) is 2.87. The molecule has 2 rings (SSSR count). The van der Waals surface area contributed by atoms with Crippen LogP contribution in [0, 0.1) is 0 Å². The van der Waals surface area contributed by atoms with Gasteiger partial charge in [-0.05, 0) is 37.3 Å². The minimum Gasteiger partial charge on any atom is -0.480 e. The van der Waals surface area contributed by atoms with Crippen LogP contribution in [-0.4, -0.2) is 34.0 Å². The van der Waals surface area contributed by atoms with Crippen molar-refractivity contribution in [3.05, 3.63) is 35.4 Å². The lowest BCUT2D eigenvalue weighted by atomic mass is 9.92. The Balaban J connectivity index is 2.18. The first kappa shape index (κ1) is 18.3. The summed E-state index contributed by atoms with van der Waals surface area (Å²) in [5.74, 6) is -2.19. The fraction of sp³-hybridized carbons (Fsp3) is 0.529. The number of nitrogens with zero attached hydrogens (tertiary/aromatic N) is 1. The standard InChI is InChI=1S/C17H20F3NO3/c1-10(13-5-3-4-6-14(13)17(18,19)20)9-15(22)21(12-7-8-12)11(2)16(23)24/h3-6,10-12H,7-9H2,1-2H3,(H,23,24). The highest BCUT2D eigenvalue weighted by molar-refractivity contribution is 5.84. The van der Waals surface area contributed by atoms with Crippen LogP contribution in [0.5, 0.6) is 0 Å². The Kier molecular flexibility index (Phi) is 5.20. The first-order valence-corrected chi connectivity index (χ1v) is 7.83. The molecule has 0 aliphatic heterocycles. The highest BCUT2D eigenvalue weighted by Crippen LogP contribution is 2.37. The number of amides is 1. The first-order chi connectivity index (χ1) is 11.1. The molecule has 24 heavy (non-hydrogen) atoms. The van der Waals surface area contributed by atoms with E-state index in [0.717, 1.165) is 18.9 Å². The van der Waals surface area contributed by atoms with Gasteiger partial charge < -0.3 is 10.0 Å². The topological polar surface area (TPSA) is 57.6 Å². The minimum atomic E-state index is -4.49. The van der Waals surface area contributed by atoms with Gasteiger partial charge in [0.15, 0.2) is 0 Å². The quantitative estimate of drug-likeness (QED) is 0.857. The Labute approximate surface area is 138 Å². The fourth-order valence-corrected chi connectivity index (χ4v) is 2.87. The van der Waals surface area contributed by atoms with Gasteiger partial charge >= 0.3 is 12.1 Å². The van der Waals surface area contributed by atoms with Gasteiger partial charge in [0.25, 0.3) is 0 Å². The molecule has 1 amide bonds. The monoisotopic (exact) mass is 343 g/mol. The molecule has 0 aromatic heterocycles. The van der Waals surface area contributed by atoms with E-state index in [1.165, 1.54) is 30.0 Å². The zero-order valence-corrected chi connectivity index (χ0v) is 13.5. The number of hydrogen-bond acceptors (Lipinski definition) is 2. The normalized spacial score (nSPS) is 17.2. The second-order valence-electron chi connectivity index (χ2n) is 6.24. The molecule has 1 fully saturated rings. The summed E-state index contributed by atoms with van der Waals surface area (Å²) in [7, 11) is 0. The molecule has 0 heterocycles. The van der Waals surface area contributed by atoms with Crippen molar-refractivity contribution in [2.75, 3.05) is 0 Å². The minimum absolute atomic E-state index is 0.0528. The third-order valence-electron chi connectivity index (χ3n) is 4.28. The summed E-state index contributed by atoms with van der Waals surface area (Å²) in [6.45, 7) is 2.98. The van der Waals surface area contributed by atoms with Crippen molar-refractivity contribution < 1.29 is 27.9 Å². The van der Waals surface area contributed by atoms with Crippen LogP contribution in [0.4, 0.5) is 13.2 Å². The largest absolute Gasteiger partial charge is 0.480 e. The molecule has 132 valence electrons. The van der Waals surface area contributed by atoms with Gasteiger partial charge in [-0.2, -0.15) is 13.2 Å². The second kappa shape index (κ2) is 6.83. The Morgan fingerprint density at radius 2 is 1.83 bits per heavy atom. The van der Waals surface area contributed by atoms with Crippen molar-refractivity contribution in [1.29, 1.82) is 0 Å². The third-order valence-corrected chi connectivity index (χ3v) is 4.28. The van der Waals surface area contributed by atoms with Crippen LogP contribution in [0.25, 0.3) is 0 Å². The number of carboxylic acids is 1. The first-order valence-electron chi connectivity index (χ1n) is 7.83. The van der Waals surface area contributed by atoms with Gasteiger partial charge in [0.1, 0.15) is 6.04 Å². The van der Waals surface area contributed by atoms with Gasteiger partial charge in [0.2, 0.25) is 5.91 Å². The summed E-state index contributed by atoms with van der Waals surface area (Å²) < 4.78 is 39.3. The third kappa shape index (κ3) is 4.07. The van der Waals surface area contributed by atoms with Gasteiger partial charge in [-0.15, -0.1) is 0 Å². The number of aliphatic carboxylic acids is 1. The molecule has 7 heteroatoms. The molecule has 0 bridgehead atoms.